The molecule has 2 nitrogen and oxygen atoms in total. The van der Waals surface area contributed by atoms with Gasteiger partial charge >= 0.3 is 0 Å². The van der Waals surface area contributed by atoms with Crippen LogP contribution in [0.1, 0.15) is 39.0 Å². The van der Waals surface area contributed by atoms with Crippen molar-refractivity contribution in [2.24, 2.45) is 5.92 Å². The van der Waals surface area contributed by atoms with Crippen LogP contribution in [0.5, 0.6) is 0 Å². The van der Waals surface area contributed by atoms with E-state index in [2.05, 4.69) is 26.1 Å². The molecule has 0 radical (unpaired) electrons. The zero-order chi connectivity index (χ0) is 13.1. The molecule has 1 unspecified atom stereocenters. The fraction of sp³-hybridized carbons (Fsp3) is 0.467. The standard InChI is InChI=1S/C15H20FNO/c1-4-7-17-15(10(2)3)14-9-11-8-12(16)5-6-13(11)18-14/h5-6,8-10,15,17H,4,7H2,1-3H3. The first-order valence-corrected chi connectivity index (χ1v) is 6.54. The Morgan fingerprint density at radius 3 is 2.72 bits per heavy atom. The fourth-order valence-electron chi connectivity index (χ4n) is 2.15. The molecule has 1 aromatic carbocycles. The van der Waals surface area contributed by atoms with Crippen molar-refractivity contribution in [3.63, 3.8) is 0 Å². The van der Waals surface area contributed by atoms with Crippen molar-refractivity contribution >= 4 is 11.0 Å². The van der Waals surface area contributed by atoms with E-state index in [1.54, 1.807) is 6.07 Å². The molecule has 2 rings (SSSR count). The Bertz CT molecular complexity index is 518. The largest absolute Gasteiger partial charge is 0.459 e. The number of hydrogen-bond acceptors (Lipinski definition) is 2. The lowest BCUT2D eigenvalue weighted by molar-refractivity contribution is 0.351. The molecule has 0 fully saturated rings. The summed E-state index contributed by atoms with van der Waals surface area (Å²) in [4.78, 5) is 0. The molecule has 1 heterocycles. The number of rotatable bonds is 5. The molecule has 0 aliphatic heterocycles. The number of hydrogen-bond donors (Lipinski definition) is 1. The van der Waals surface area contributed by atoms with E-state index in [4.69, 9.17) is 4.42 Å². The first-order valence-electron chi connectivity index (χ1n) is 6.54. The third-order valence-electron chi connectivity index (χ3n) is 3.08. The van der Waals surface area contributed by atoms with Gasteiger partial charge in [-0.1, -0.05) is 20.8 Å². The maximum absolute atomic E-state index is 13.2. The summed E-state index contributed by atoms with van der Waals surface area (Å²) in [5.41, 5.74) is 0.746. The van der Waals surface area contributed by atoms with Gasteiger partial charge in [0.1, 0.15) is 17.2 Å². The SMILES string of the molecule is CCCNC(c1cc2cc(F)ccc2o1)C(C)C. The van der Waals surface area contributed by atoms with Crippen molar-refractivity contribution in [1.29, 1.82) is 0 Å². The Labute approximate surface area is 107 Å². The average Bonchev–Trinajstić information content (AvgIpc) is 2.71. The smallest absolute Gasteiger partial charge is 0.134 e. The first-order chi connectivity index (χ1) is 8.61. The lowest BCUT2D eigenvalue weighted by atomic mass is 10.0. The molecule has 1 aromatic heterocycles. The molecule has 0 saturated carbocycles. The Hall–Kier alpha value is -1.35. The molecule has 0 aliphatic rings. The van der Waals surface area contributed by atoms with Crippen LogP contribution in [-0.2, 0) is 0 Å². The summed E-state index contributed by atoms with van der Waals surface area (Å²) in [5.74, 6) is 1.10. The van der Waals surface area contributed by atoms with Crippen molar-refractivity contribution in [2.45, 2.75) is 33.2 Å². The lowest BCUT2D eigenvalue weighted by Crippen LogP contribution is -2.25. The van der Waals surface area contributed by atoms with Gasteiger partial charge < -0.3 is 9.73 Å². The zero-order valence-electron chi connectivity index (χ0n) is 11.2. The van der Waals surface area contributed by atoms with Crippen LogP contribution in [0.2, 0.25) is 0 Å². The molecule has 0 aliphatic carbocycles. The van der Waals surface area contributed by atoms with Crippen molar-refractivity contribution < 1.29 is 8.81 Å². The fourth-order valence-corrected chi connectivity index (χ4v) is 2.15. The molecule has 0 bridgehead atoms. The van der Waals surface area contributed by atoms with E-state index in [1.807, 2.05) is 6.07 Å². The van der Waals surface area contributed by atoms with Crippen molar-refractivity contribution in [2.75, 3.05) is 6.54 Å². The predicted molar refractivity (Wildman–Crippen MR) is 72.0 cm³/mol. The van der Waals surface area contributed by atoms with Crippen LogP contribution in [0.25, 0.3) is 11.0 Å². The number of halogens is 1. The van der Waals surface area contributed by atoms with Gasteiger partial charge in [-0.3, -0.25) is 0 Å². The molecule has 0 amide bonds. The predicted octanol–water partition coefficient (Wildman–Crippen LogP) is 4.27. The normalized spacial score (nSPS) is 13.4. The van der Waals surface area contributed by atoms with Gasteiger partial charge in [-0.25, -0.2) is 4.39 Å². The second-order valence-electron chi connectivity index (χ2n) is 5.01. The highest BCUT2D eigenvalue weighted by Crippen LogP contribution is 2.28. The van der Waals surface area contributed by atoms with Gasteiger partial charge in [-0.2, -0.15) is 0 Å². The minimum absolute atomic E-state index is 0.181. The van der Waals surface area contributed by atoms with Crippen LogP contribution >= 0.6 is 0 Å². The Morgan fingerprint density at radius 2 is 2.06 bits per heavy atom. The van der Waals surface area contributed by atoms with Gasteiger partial charge in [-0.05, 0) is 43.1 Å². The highest BCUT2D eigenvalue weighted by molar-refractivity contribution is 5.78. The molecule has 2 aromatic rings. The molecule has 1 atom stereocenters. The van der Waals surface area contributed by atoms with E-state index in [0.29, 0.717) is 5.92 Å². The second-order valence-corrected chi connectivity index (χ2v) is 5.01. The number of nitrogens with one attached hydrogen (secondary N) is 1. The molecule has 98 valence electrons. The van der Waals surface area contributed by atoms with Gasteiger partial charge in [0.2, 0.25) is 0 Å². The van der Waals surface area contributed by atoms with E-state index in [0.717, 1.165) is 29.7 Å². The summed E-state index contributed by atoms with van der Waals surface area (Å²) in [6.07, 6.45) is 1.08. The van der Waals surface area contributed by atoms with Crippen molar-refractivity contribution in [3.8, 4) is 0 Å². The highest BCUT2D eigenvalue weighted by atomic mass is 19.1. The topological polar surface area (TPSA) is 25.2 Å². The van der Waals surface area contributed by atoms with Crippen molar-refractivity contribution in [1.82, 2.24) is 5.32 Å². The Balaban J connectivity index is 2.32. The average molecular weight is 249 g/mol. The summed E-state index contributed by atoms with van der Waals surface area (Å²) < 4.78 is 19.0. The van der Waals surface area contributed by atoms with E-state index in [-0.39, 0.29) is 11.9 Å². The molecule has 18 heavy (non-hydrogen) atoms. The monoisotopic (exact) mass is 249 g/mol. The van der Waals surface area contributed by atoms with E-state index in [9.17, 15) is 4.39 Å². The quantitative estimate of drug-likeness (QED) is 0.856. The molecule has 0 spiro atoms. The van der Waals surface area contributed by atoms with E-state index < -0.39 is 0 Å². The minimum Gasteiger partial charge on any atom is -0.459 e. The van der Waals surface area contributed by atoms with Crippen LogP contribution in [0, 0.1) is 11.7 Å². The van der Waals surface area contributed by atoms with Crippen LogP contribution in [0.15, 0.2) is 28.7 Å². The summed E-state index contributed by atoms with van der Waals surface area (Å²) in [7, 11) is 0. The minimum atomic E-state index is -0.225. The van der Waals surface area contributed by atoms with Gasteiger partial charge in [0.15, 0.2) is 0 Å². The summed E-state index contributed by atoms with van der Waals surface area (Å²) in [6.45, 7) is 7.40. The molecule has 1 N–H and O–H groups in total. The van der Waals surface area contributed by atoms with Gasteiger partial charge in [0.25, 0.3) is 0 Å². The third-order valence-corrected chi connectivity index (χ3v) is 3.08. The van der Waals surface area contributed by atoms with Crippen LogP contribution in [-0.4, -0.2) is 6.54 Å². The molecular weight excluding hydrogens is 229 g/mol. The maximum atomic E-state index is 13.2. The number of fused-ring (bicyclic) bond motifs is 1. The summed E-state index contributed by atoms with van der Waals surface area (Å²) in [6, 6.07) is 6.75. The molecule has 3 heteroatoms. The van der Waals surface area contributed by atoms with Crippen molar-refractivity contribution in [3.05, 3.63) is 35.8 Å². The molecule has 0 saturated heterocycles. The van der Waals surface area contributed by atoms with Gasteiger partial charge in [0, 0.05) is 5.39 Å². The van der Waals surface area contributed by atoms with E-state index >= 15 is 0 Å². The van der Waals surface area contributed by atoms with Gasteiger partial charge in [-0.15, -0.1) is 0 Å². The lowest BCUT2D eigenvalue weighted by Gasteiger charge is -2.19. The number of benzene rings is 1. The highest BCUT2D eigenvalue weighted by Gasteiger charge is 2.19. The Morgan fingerprint density at radius 1 is 1.28 bits per heavy atom. The first kappa shape index (κ1) is 13.1. The number of furan rings is 1. The summed E-state index contributed by atoms with van der Waals surface area (Å²) >= 11 is 0. The van der Waals surface area contributed by atoms with Crippen LogP contribution in [0.3, 0.4) is 0 Å². The summed E-state index contributed by atoms with van der Waals surface area (Å²) in [5, 5.41) is 4.30. The third kappa shape index (κ3) is 2.72. The zero-order valence-corrected chi connectivity index (χ0v) is 11.2. The Kier molecular flexibility index (Phi) is 4.02. The van der Waals surface area contributed by atoms with E-state index in [1.165, 1.54) is 12.1 Å². The molecular formula is C15H20FNO. The van der Waals surface area contributed by atoms with Crippen LogP contribution in [0.4, 0.5) is 4.39 Å². The van der Waals surface area contributed by atoms with Crippen LogP contribution < -0.4 is 5.32 Å². The van der Waals surface area contributed by atoms with Gasteiger partial charge in [0.05, 0.1) is 6.04 Å². The second kappa shape index (κ2) is 5.53. The maximum Gasteiger partial charge on any atom is 0.134 e.